The van der Waals surface area contributed by atoms with Crippen LogP contribution in [0.2, 0.25) is 0 Å². The van der Waals surface area contributed by atoms with E-state index >= 15 is 0 Å². The molecule has 0 N–H and O–H groups in total. The van der Waals surface area contributed by atoms with E-state index in [1.807, 2.05) is 6.92 Å². The third-order valence-corrected chi connectivity index (χ3v) is 3.43. The van der Waals surface area contributed by atoms with Crippen molar-refractivity contribution >= 4 is 5.78 Å². The molecule has 3 heteroatoms. The Balaban J connectivity index is 2.03. The van der Waals surface area contributed by atoms with Gasteiger partial charge in [0.1, 0.15) is 5.78 Å². The largest absolute Gasteiger partial charge is 0.378 e. The lowest BCUT2D eigenvalue weighted by Crippen LogP contribution is -2.28. The molecule has 1 saturated carbocycles. The Labute approximate surface area is 111 Å². The minimum absolute atomic E-state index is 0.326. The summed E-state index contributed by atoms with van der Waals surface area (Å²) in [4.78, 5) is 11.1. The van der Waals surface area contributed by atoms with E-state index in [4.69, 9.17) is 9.47 Å². The third-order valence-electron chi connectivity index (χ3n) is 3.43. The van der Waals surface area contributed by atoms with Gasteiger partial charge in [-0.2, -0.15) is 0 Å². The highest BCUT2D eigenvalue weighted by atomic mass is 16.5. The van der Waals surface area contributed by atoms with Crippen molar-refractivity contribution in [2.24, 2.45) is 0 Å². The van der Waals surface area contributed by atoms with Crippen LogP contribution in [0.3, 0.4) is 0 Å². The van der Waals surface area contributed by atoms with Gasteiger partial charge in [-0.05, 0) is 46.0 Å². The number of ether oxygens (including phenoxy) is 2. The molecule has 0 atom stereocenters. The van der Waals surface area contributed by atoms with Crippen LogP contribution >= 0.6 is 0 Å². The van der Waals surface area contributed by atoms with E-state index < -0.39 is 0 Å². The van der Waals surface area contributed by atoms with E-state index in [0.717, 1.165) is 38.7 Å². The number of rotatable bonds is 8. The summed E-state index contributed by atoms with van der Waals surface area (Å²) in [6, 6.07) is 0. The highest BCUT2D eigenvalue weighted by Gasteiger charge is 2.22. The Hall–Kier alpha value is -0.410. The van der Waals surface area contributed by atoms with E-state index in [-0.39, 0.29) is 0 Å². The molecular weight excluding hydrogens is 228 g/mol. The second kappa shape index (κ2) is 8.65. The maximum atomic E-state index is 11.1. The fourth-order valence-electron chi connectivity index (χ4n) is 2.42. The molecule has 0 aromatic heterocycles. The van der Waals surface area contributed by atoms with Gasteiger partial charge in [-0.25, -0.2) is 0 Å². The van der Waals surface area contributed by atoms with Crippen LogP contribution in [0.5, 0.6) is 0 Å². The number of ketones is 1. The maximum Gasteiger partial charge on any atom is 0.132 e. The Morgan fingerprint density at radius 2 is 1.78 bits per heavy atom. The zero-order valence-corrected chi connectivity index (χ0v) is 12.1. The van der Waals surface area contributed by atoms with Crippen LogP contribution < -0.4 is 0 Å². The number of hydrogen-bond donors (Lipinski definition) is 0. The molecule has 0 unspecified atom stereocenters. The van der Waals surface area contributed by atoms with Gasteiger partial charge in [0.2, 0.25) is 0 Å². The van der Waals surface area contributed by atoms with Crippen LogP contribution in [0.4, 0.5) is 0 Å². The summed E-state index contributed by atoms with van der Waals surface area (Å²) in [5.41, 5.74) is 0. The van der Waals surface area contributed by atoms with Crippen LogP contribution in [0, 0.1) is 0 Å². The zero-order chi connectivity index (χ0) is 13.4. The highest BCUT2D eigenvalue weighted by Crippen LogP contribution is 2.24. The molecule has 0 aromatic carbocycles. The van der Waals surface area contributed by atoms with Crippen molar-refractivity contribution in [2.45, 2.75) is 84.0 Å². The molecule has 0 aliphatic heterocycles. The molecule has 0 heterocycles. The smallest absolute Gasteiger partial charge is 0.132 e. The molecule has 106 valence electrons. The minimum Gasteiger partial charge on any atom is -0.378 e. The van der Waals surface area contributed by atoms with Crippen molar-refractivity contribution < 1.29 is 14.3 Å². The predicted molar refractivity (Wildman–Crippen MR) is 72.7 cm³/mol. The first kappa shape index (κ1) is 15.6. The van der Waals surface area contributed by atoms with Crippen molar-refractivity contribution in [1.29, 1.82) is 0 Å². The number of carbonyl (C=O) groups excluding carboxylic acids is 1. The zero-order valence-electron chi connectivity index (χ0n) is 12.1. The van der Waals surface area contributed by atoms with Gasteiger partial charge in [-0.1, -0.05) is 6.92 Å². The summed E-state index contributed by atoms with van der Waals surface area (Å²) in [6.07, 6.45) is 7.73. The average Bonchev–Trinajstić information content (AvgIpc) is 2.35. The second-order valence-corrected chi connectivity index (χ2v) is 5.45. The first-order valence-electron chi connectivity index (χ1n) is 7.40. The van der Waals surface area contributed by atoms with Crippen LogP contribution in [0.1, 0.15) is 65.7 Å². The predicted octanol–water partition coefficient (Wildman–Crippen LogP) is 3.50. The summed E-state index contributed by atoms with van der Waals surface area (Å²) in [6.45, 7) is 6.83. The topological polar surface area (TPSA) is 35.5 Å². The summed E-state index contributed by atoms with van der Waals surface area (Å²) in [5, 5.41) is 0. The van der Waals surface area contributed by atoms with E-state index in [1.165, 1.54) is 0 Å². The molecule has 0 radical (unpaired) electrons. The quantitative estimate of drug-likeness (QED) is 0.624. The molecule has 18 heavy (non-hydrogen) atoms. The molecule has 0 spiro atoms. The van der Waals surface area contributed by atoms with E-state index in [9.17, 15) is 4.79 Å². The average molecular weight is 256 g/mol. The van der Waals surface area contributed by atoms with Gasteiger partial charge in [0.15, 0.2) is 0 Å². The second-order valence-electron chi connectivity index (χ2n) is 5.45. The Bertz CT molecular complexity index is 230. The van der Waals surface area contributed by atoms with Crippen LogP contribution in [-0.2, 0) is 14.3 Å². The number of hydrogen-bond acceptors (Lipinski definition) is 3. The number of carbonyl (C=O) groups is 1. The first-order valence-corrected chi connectivity index (χ1v) is 7.40. The first-order chi connectivity index (χ1) is 8.61. The summed E-state index contributed by atoms with van der Waals surface area (Å²) in [5.74, 6) is 0.340. The highest BCUT2D eigenvalue weighted by molar-refractivity contribution is 5.77. The molecule has 1 fully saturated rings. The SMILES string of the molecule is CCC(=O)CCCO[C@H]1CC[C@H](OC(C)C)CC1. The molecule has 0 bridgehead atoms. The van der Waals surface area contributed by atoms with Gasteiger partial charge < -0.3 is 9.47 Å². The van der Waals surface area contributed by atoms with E-state index in [1.54, 1.807) is 0 Å². The van der Waals surface area contributed by atoms with Gasteiger partial charge >= 0.3 is 0 Å². The molecule has 0 saturated heterocycles. The van der Waals surface area contributed by atoms with Gasteiger partial charge in [-0.3, -0.25) is 4.79 Å². The van der Waals surface area contributed by atoms with Crippen LogP contribution in [-0.4, -0.2) is 30.7 Å². The van der Waals surface area contributed by atoms with E-state index in [0.29, 0.717) is 36.9 Å². The lowest BCUT2D eigenvalue weighted by atomic mass is 9.95. The van der Waals surface area contributed by atoms with Crippen LogP contribution in [0.25, 0.3) is 0 Å². The van der Waals surface area contributed by atoms with Gasteiger partial charge in [0.25, 0.3) is 0 Å². The fraction of sp³-hybridized carbons (Fsp3) is 0.933. The van der Waals surface area contributed by atoms with Gasteiger partial charge in [0, 0.05) is 19.4 Å². The van der Waals surface area contributed by atoms with E-state index in [2.05, 4.69) is 13.8 Å². The lowest BCUT2D eigenvalue weighted by Gasteiger charge is -2.29. The van der Waals surface area contributed by atoms with Crippen LogP contribution in [0.15, 0.2) is 0 Å². The normalized spacial score (nSPS) is 24.4. The van der Waals surface area contributed by atoms with Gasteiger partial charge in [0.05, 0.1) is 18.3 Å². The summed E-state index contributed by atoms with van der Waals surface area (Å²) >= 11 is 0. The molecular formula is C15H28O3. The Morgan fingerprint density at radius 1 is 1.17 bits per heavy atom. The molecule has 1 aliphatic carbocycles. The van der Waals surface area contributed by atoms with Crippen molar-refractivity contribution in [3.05, 3.63) is 0 Å². The van der Waals surface area contributed by atoms with Crippen molar-refractivity contribution in [1.82, 2.24) is 0 Å². The minimum atomic E-state index is 0.326. The van der Waals surface area contributed by atoms with Gasteiger partial charge in [-0.15, -0.1) is 0 Å². The Kier molecular flexibility index (Phi) is 7.52. The molecule has 3 nitrogen and oxygen atoms in total. The Morgan fingerprint density at radius 3 is 2.33 bits per heavy atom. The summed E-state index contributed by atoms with van der Waals surface area (Å²) in [7, 11) is 0. The third kappa shape index (κ3) is 6.50. The monoisotopic (exact) mass is 256 g/mol. The van der Waals surface area contributed by atoms with Crippen molar-refractivity contribution in [2.75, 3.05) is 6.61 Å². The standard InChI is InChI=1S/C15H28O3/c1-4-13(16)6-5-11-17-14-7-9-15(10-8-14)18-12(2)3/h12,14-15H,4-11H2,1-3H3/t14-,15-. The molecule has 0 amide bonds. The lowest BCUT2D eigenvalue weighted by molar-refractivity contribution is -0.119. The molecule has 1 rings (SSSR count). The summed E-state index contributed by atoms with van der Waals surface area (Å²) < 4.78 is 11.6. The molecule has 1 aliphatic rings. The van der Waals surface area contributed by atoms with Crippen molar-refractivity contribution in [3.63, 3.8) is 0 Å². The fourth-order valence-corrected chi connectivity index (χ4v) is 2.42. The molecule has 0 aromatic rings. The maximum absolute atomic E-state index is 11.1. The number of Topliss-reactive ketones (excluding diaryl/α,β-unsaturated/α-hetero) is 1. The van der Waals surface area contributed by atoms with Crippen molar-refractivity contribution in [3.8, 4) is 0 Å².